The number of amides is 1. The Morgan fingerprint density at radius 3 is 2.48 bits per heavy atom. The highest BCUT2D eigenvalue weighted by Gasteiger charge is 2.12. The van der Waals surface area contributed by atoms with E-state index in [1.807, 2.05) is 12.1 Å². The number of rotatable bonds is 9. The lowest BCUT2D eigenvalue weighted by Crippen LogP contribution is -2.22. The predicted octanol–water partition coefficient (Wildman–Crippen LogP) is 4.81. The number of carbonyl (C=O) groups is 1. The van der Waals surface area contributed by atoms with Crippen molar-refractivity contribution in [2.24, 2.45) is 0 Å². The largest absolute Gasteiger partial charge is 0.385 e. The second-order valence-corrected chi connectivity index (χ2v) is 6.00. The van der Waals surface area contributed by atoms with Gasteiger partial charge in [-0.15, -0.1) is 0 Å². The zero-order chi connectivity index (χ0) is 15.7. The Morgan fingerprint density at radius 1 is 1.14 bits per heavy atom. The first-order chi connectivity index (χ1) is 10.1. The van der Waals surface area contributed by atoms with Crippen molar-refractivity contribution in [2.45, 2.75) is 45.4 Å². The van der Waals surface area contributed by atoms with Gasteiger partial charge in [0.2, 0.25) is 0 Å². The molecule has 21 heavy (non-hydrogen) atoms. The van der Waals surface area contributed by atoms with E-state index in [0.717, 1.165) is 18.7 Å². The zero-order valence-electron chi connectivity index (χ0n) is 13.4. The van der Waals surface area contributed by atoms with Gasteiger partial charge in [-0.05, 0) is 24.6 Å². The number of nitrogens with zero attached hydrogens (tertiary/aromatic N) is 1. The van der Waals surface area contributed by atoms with Crippen LogP contribution in [0, 0.1) is 0 Å². The summed E-state index contributed by atoms with van der Waals surface area (Å²) in [7, 11) is 3.46. The minimum Gasteiger partial charge on any atom is -0.385 e. The van der Waals surface area contributed by atoms with Crippen LogP contribution in [0.25, 0.3) is 0 Å². The molecule has 0 aliphatic rings. The predicted molar refractivity (Wildman–Crippen MR) is 91.3 cm³/mol. The Labute approximate surface area is 133 Å². The second kappa shape index (κ2) is 9.67. The number of anilines is 1. The van der Waals surface area contributed by atoms with E-state index in [-0.39, 0.29) is 5.91 Å². The van der Waals surface area contributed by atoms with Crippen LogP contribution in [-0.2, 0) is 0 Å². The average molecular weight is 311 g/mol. The molecule has 0 heterocycles. The SMILES string of the molecule is CCCCCCCCNc1ccc(Cl)c(C(=O)N(C)C)c1. The number of benzene rings is 1. The minimum absolute atomic E-state index is 0.0665. The molecule has 1 aromatic carbocycles. The van der Waals surface area contributed by atoms with Crippen LogP contribution in [0.1, 0.15) is 55.8 Å². The van der Waals surface area contributed by atoms with Crippen molar-refractivity contribution in [3.8, 4) is 0 Å². The third-order valence-corrected chi connectivity index (χ3v) is 3.79. The van der Waals surface area contributed by atoms with E-state index in [2.05, 4.69) is 12.2 Å². The topological polar surface area (TPSA) is 32.3 Å². The summed E-state index contributed by atoms with van der Waals surface area (Å²) in [4.78, 5) is 13.5. The first kappa shape index (κ1) is 17.8. The maximum atomic E-state index is 12.0. The molecule has 1 amide bonds. The van der Waals surface area contributed by atoms with Gasteiger partial charge in [0.05, 0.1) is 10.6 Å². The molecule has 3 nitrogen and oxygen atoms in total. The molecule has 0 fully saturated rings. The van der Waals surface area contributed by atoms with Crippen LogP contribution in [-0.4, -0.2) is 31.4 Å². The molecule has 0 saturated heterocycles. The minimum atomic E-state index is -0.0665. The van der Waals surface area contributed by atoms with Gasteiger partial charge in [0.15, 0.2) is 0 Å². The first-order valence-corrected chi connectivity index (χ1v) is 8.19. The van der Waals surface area contributed by atoms with Gasteiger partial charge in [-0.1, -0.05) is 50.6 Å². The molecular formula is C17H27ClN2O. The van der Waals surface area contributed by atoms with Crippen LogP contribution in [0.2, 0.25) is 5.02 Å². The van der Waals surface area contributed by atoms with Crippen molar-refractivity contribution in [1.29, 1.82) is 0 Å². The molecule has 118 valence electrons. The van der Waals surface area contributed by atoms with Gasteiger partial charge < -0.3 is 10.2 Å². The molecule has 0 atom stereocenters. The normalized spacial score (nSPS) is 10.5. The lowest BCUT2D eigenvalue weighted by molar-refractivity contribution is 0.0828. The molecule has 0 bridgehead atoms. The standard InChI is InChI=1S/C17H27ClN2O/c1-4-5-6-7-8-9-12-19-14-10-11-16(18)15(13-14)17(21)20(2)3/h10-11,13,19H,4-9,12H2,1-3H3. The van der Waals surface area contributed by atoms with Gasteiger partial charge in [0.25, 0.3) is 5.91 Å². The fourth-order valence-electron chi connectivity index (χ4n) is 2.18. The van der Waals surface area contributed by atoms with Gasteiger partial charge in [0, 0.05) is 26.3 Å². The Hall–Kier alpha value is -1.22. The van der Waals surface area contributed by atoms with E-state index in [4.69, 9.17) is 11.6 Å². The number of hydrogen-bond acceptors (Lipinski definition) is 2. The van der Waals surface area contributed by atoms with Crippen LogP contribution in [0.5, 0.6) is 0 Å². The van der Waals surface area contributed by atoms with E-state index in [0.29, 0.717) is 10.6 Å². The van der Waals surface area contributed by atoms with Crippen molar-refractivity contribution in [1.82, 2.24) is 4.90 Å². The first-order valence-electron chi connectivity index (χ1n) is 7.81. The van der Waals surface area contributed by atoms with E-state index >= 15 is 0 Å². The van der Waals surface area contributed by atoms with Gasteiger partial charge in [-0.2, -0.15) is 0 Å². The van der Waals surface area contributed by atoms with Crippen LogP contribution >= 0.6 is 11.6 Å². The monoisotopic (exact) mass is 310 g/mol. The second-order valence-electron chi connectivity index (χ2n) is 5.59. The number of hydrogen-bond donors (Lipinski definition) is 1. The molecule has 0 spiro atoms. The molecule has 1 aromatic rings. The van der Waals surface area contributed by atoms with Crippen LogP contribution in [0.4, 0.5) is 5.69 Å². The Morgan fingerprint density at radius 2 is 1.81 bits per heavy atom. The summed E-state index contributed by atoms with van der Waals surface area (Å²) in [5, 5.41) is 3.87. The van der Waals surface area contributed by atoms with Crippen molar-refractivity contribution in [3.05, 3.63) is 28.8 Å². The van der Waals surface area contributed by atoms with Crippen molar-refractivity contribution < 1.29 is 4.79 Å². The molecule has 0 aliphatic heterocycles. The summed E-state index contributed by atoms with van der Waals surface area (Å²) in [6.45, 7) is 3.16. The van der Waals surface area contributed by atoms with E-state index in [1.165, 1.54) is 32.1 Å². The smallest absolute Gasteiger partial charge is 0.254 e. The van der Waals surface area contributed by atoms with E-state index in [9.17, 15) is 4.79 Å². The average Bonchev–Trinajstić information content (AvgIpc) is 2.47. The van der Waals surface area contributed by atoms with Gasteiger partial charge in [0.1, 0.15) is 0 Å². The van der Waals surface area contributed by atoms with Crippen LogP contribution in [0.15, 0.2) is 18.2 Å². The fourth-order valence-corrected chi connectivity index (χ4v) is 2.38. The summed E-state index contributed by atoms with van der Waals surface area (Å²) < 4.78 is 0. The molecule has 4 heteroatoms. The quantitative estimate of drug-likeness (QED) is 0.664. The van der Waals surface area contributed by atoms with Gasteiger partial charge >= 0.3 is 0 Å². The third kappa shape index (κ3) is 6.38. The summed E-state index contributed by atoms with van der Waals surface area (Å²) in [6.07, 6.45) is 7.67. The van der Waals surface area contributed by atoms with E-state index in [1.54, 1.807) is 25.1 Å². The van der Waals surface area contributed by atoms with Crippen molar-refractivity contribution in [2.75, 3.05) is 26.0 Å². The van der Waals surface area contributed by atoms with E-state index < -0.39 is 0 Å². The number of unbranched alkanes of at least 4 members (excludes halogenated alkanes) is 5. The lowest BCUT2D eigenvalue weighted by atomic mass is 10.1. The molecule has 0 aromatic heterocycles. The molecular weight excluding hydrogens is 284 g/mol. The zero-order valence-corrected chi connectivity index (χ0v) is 14.2. The number of halogens is 1. The maximum Gasteiger partial charge on any atom is 0.254 e. The van der Waals surface area contributed by atoms with Gasteiger partial charge in [-0.3, -0.25) is 4.79 Å². The maximum absolute atomic E-state index is 12.0. The highest BCUT2D eigenvalue weighted by molar-refractivity contribution is 6.34. The van der Waals surface area contributed by atoms with Crippen LogP contribution < -0.4 is 5.32 Å². The summed E-state index contributed by atoms with van der Waals surface area (Å²) in [5.41, 5.74) is 1.51. The number of carbonyl (C=O) groups excluding carboxylic acids is 1. The Balaban J connectivity index is 2.42. The fraction of sp³-hybridized carbons (Fsp3) is 0.588. The summed E-state index contributed by atoms with van der Waals surface area (Å²) in [6, 6.07) is 5.54. The third-order valence-electron chi connectivity index (χ3n) is 3.46. The molecule has 1 N–H and O–H groups in total. The molecule has 0 unspecified atom stereocenters. The highest BCUT2D eigenvalue weighted by Crippen LogP contribution is 2.21. The lowest BCUT2D eigenvalue weighted by Gasteiger charge is -2.13. The Bertz CT molecular complexity index is 446. The molecule has 1 rings (SSSR count). The molecule has 0 saturated carbocycles. The summed E-state index contributed by atoms with van der Waals surface area (Å²) in [5.74, 6) is -0.0665. The van der Waals surface area contributed by atoms with Gasteiger partial charge in [-0.25, -0.2) is 0 Å². The van der Waals surface area contributed by atoms with Crippen molar-refractivity contribution in [3.63, 3.8) is 0 Å². The van der Waals surface area contributed by atoms with Crippen molar-refractivity contribution >= 4 is 23.2 Å². The summed E-state index contributed by atoms with van der Waals surface area (Å²) >= 11 is 6.09. The number of nitrogens with one attached hydrogen (secondary N) is 1. The Kier molecular flexibility index (Phi) is 8.21. The highest BCUT2D eigenvalue weighted by atomic mass is 35.5. The molecule has 0 aliphatic carbocycles. The molecule has 0 radical (unpaired) electrons. The van der Waals surface area contributed by atoms with Crippen LogP contribution in [0.3, 0.4) is 0 Å².